The maximum atomic E-state index is 11.3. The van der Waals surface area contributed by atoms with Crippen LogP contribution in [0, 0.1) is 6.92 Å². The lowest BCUT2D eigenvalue weighted by Crippen LogP contribution is -2.48. The maximum absolute atomic E-state index is 11.3. The summed E-state index contributed by atoms with van der Waals surface area (Å²) in [5.74, 6) is 0.698. The molecule has 1 aromatic heterocycles. The third kappa shape index (κ3) is 1.66. The molecule has 2 heterocycles. The SMILES string of the molecule is Cc1nn(C)c(N2CCNC(=O)C2)c1C=O. The lowest BCUT2D eigenvalue weighted by molar-refractivity contribution is -0.120. The minimum absolute atomic E-state index is 0.0260. The van der Waals surface area contributed by atoms with Crippen LogP contribution in [-0.2, 0) is 11.8 Å². The number of aldehydes is 1. The zero-order chi connectivity index (χ0) is 11.7. The van der Waals surface area contributed by atoms with Gasteiger partial charge in [0, 0.05) is 20.1 Å². The predicted octanol–water partition coefficient (Wildman–Crippen LogP) is -0.523. The van der Waals surface area contributed by atoms with Crippen LogP contribution in [-0.4, -0.2) is 41.6 Å². The van der Waals surface area contributed by atoms with Crippen LogP contribution >= 0.6 is 0 Å². The Labute approximate surface area is 93.2 Å². The first-order valence-electron chi connectivity index (χ1n) is 5.14. The number of hydrogen-bond donors (Lipinski definition) is 1. The number of piperazine rings is 1. The second-order valence-corrected chi connectivity index (χ2v) is 3.84. The van der Waals surface area contributed by atoms with Crippen molar-refractivity contribution in [3.63, 3.8) is 0 Å². The van der Waals surface area contributed by atoms with Crippen molar-refractivity contribution in [3.05, 3.63) is 11.3 Å². The molecule has 0 saturated carbocycles. The van der Waals surface area contributed by atoms with Gasteiger partial charge < -0.3 is 10.2 Å². The van der Waals surface area contributed by atoms with Gasteiger partial charge in [-0.1, -0.05) is 0 Å². The Morgan fingerprint density at radius 1 is 1.50 bits per heavy atom. The van der Waals surface area contributed by atoms with Gasteiger partial charge in [-0.15, -0.1) is 0 Å². The minimum atomic E-state index is -0.0260. The average Bonchev–Trinajstić information content (AvgIpc) is 2.52. The molecule has 1 aromatic rings. The number of rotatable bonds is 2. The van der Waals surface area contributed by atoms with Gasteiger partial charge in [-0.2, -0.15) is 5.10 Å². The highest BCUT2D eigenvalue weighted by atomic mass is 16.2. The minimum Gasteiger partial charge on any atom is -0.353 e. The van der Waals surface area contributed by atoms with Gasteiger partial charge in [-0.25, -0.2) is 0 Å². The zero-order valence-corrected chi connectivity index (χ0v) is 9.36. The molecule has 1 aliphatic rings. The molecule has 0 spiro atoms. The van der Waals surface area contributed by atoms with Crippen LogP contribution in [0.1, 0.15) is 16.1 Å². The highest BCUT2D eigenvalue weighted by Gasteiger charge is 2.23. The largest absolute Gasteiger partial charge is 0.353 e. The lowest BCUT2D eigenvalue weighted by atomic mass is 10.2. The van der Waals surface area contributed by atoms with E-state index in [-0.39, 0.29) is 12.5 Å². The van der Waals surface area contributed by atoms with Crippen LogP contribution in [0.2, 0.25) is 0 Å². The van der Waals surface area contributed by atoms with Crippen molar-refractivity contribution in [2.45, 2.75) is 6.92 Å². The fourth-order valence-corrected chi connectivity index (χ4v) is 1.99. The number of hydrogen-bond acceptors (Lipinski definition) is 4. The molecule has 1 fully saturated rings. The van der Waals surface area contributed by atoms with Gasteiger partial charge in [0.1, 0.15) is 5.82 Å². The summed E-state index contributed by atoms with van der Waals surface area (Å²) in [4.78, 5) is 24.2. The molecule has 6 nitrogen and oxygen atoms in total. The second kappa shape index (κ2) is 3.96. The molecule has 86 valence electrons. The molecule has 16 heavy (non-hydrogen) atoms. The third-order valence-corrected chi connectivity index (χ3v) is 2.69. The molecular weight excluding hydrogens is 208 g/mol. The van der Waals surface area contributed by atoms with E-state index in [1.54, 1.807) is 18.7 Å². The summed E-state index contributed by atoms with van der Waals surface area (Å²) in [6.45, 7) is 3.37. The summed E-state index contributed by atoms with van der Waals surface area (Å²) in [7, 11) is 1.78. The van der Waals surface area contributed by atoms with Gasteiger partial charge in [-0.05, 0) is 6.92 Å². The average molecular weight is 222 g/mol. The number of nitrogens with zero attached hydrogens (tertiary/aromatic N) is 3. The Morgan fingerprint density at radius 2 is 2.25 bits per heavy atom. The van der Waals surface area contributed by atoms with Crippen LogP contribution in [0.5, 0.6) is 0 Å². The van der Waals surface area contributed by atoms with E-state index in [1.807, 2.05) is 4.90 Å². The van der Waals surface area contributed by atoms with E-state index in [2.05, 4.69) is 10.4 Å². The highest BCUT2D eigenvalue weighted by Crippen LogP contribution is 2.21. The summed E-state index contributed by atoms with van der Waals surface area (Å²) in [5.41, 5.74) is 1.26. The summed E-state index contributed by atoms with van der Waals surface area (Å²) in [6.07, 6.45) is 0.796. The predicted molar refractivity (Wildman–Crippen MR) is 58.6 cm³/mol. The van der Waals surface area contributed by atoms with Gasteiger partial charge in [-0.3, -0.25) is 14.3 Å². The van der Waals surface area contributed by atoms with Crippen LogP contribution in [0.25, 0.3) is 0 Å². The van der Waals surface area contributed by atoms with Crippen molar-refractivity contribution in [3.8, 4) is 0 Å². The second-order valence-electron chi connectivity index (χ2n) is 3.84. The van der Waals surface area contributed by atoms with E-state index in [9.17, 15) is 9.59 Å². The number of anilines is 1. The van der Waals surface area contributed by atoms with Crippen molar-refractivity contribution in [2.24, 2.45) is 7.05 Å². The first kappa shape index (κ1) is 10.7. The summed E-state index contributed by atoms with van der Waals surface area (Å²) < 4.78 is 1.65. The molecule has 0 atom stereocenters. The van der Waals surface area contributed by atoms with Crippen molar-refractivity contribution in [1.82, 2.24) is 15.1 Å². The van der Waals surface area contributed by atoms with Gasteiger partial charge in [0.2, 0.25) is 5.91 Å². The zero-order valence-electron chi connectivity index (χ0n) is 9.36. The van der Waals surface area contributed by atoms with Crippen LogP contribution < -0.4 is 10.2 Å². The standard InChI is InChI=1S/C10H14N4O2/c1-7-8(6-15)10(13(2)12-7)14-4-3-11-9(16)5-14/h6H,3-5H2,1-2H3,(H,11,16). The monoisotopic (exact) mass is 222 g/mol. The first-order chi connectivity index (χ1) is 7.63. The molecule has 1 aliphatic heterocycles. The molecule has 0 unspecified atom stereocenters. The maximum Gasteiger partial charge on any atom is 0.239 e. The van der Waals surface area contributed by atoms with E-state index in [1.165, 1.54) is 0 Å². The lowest BCUT2D eigenvalue weighted by Gasteiger charge is -2.28. The Hall–Kier alpha value is -1.85. The van der Waals surface area contributed by atoms with Crippen molar-refractivity contribution >= 4 is 18.0 Å². The van der Waals surface area contributed by atoms with Gasteiger partial charge in [0.15, 0.2) is 6.29 Å². The topological polar surface area (TPSA) is 67.2 Å². The fourth-order valence-electron chi connectivity index (χ4n) is 1.99. The van der Waals surface area contributed by atoms with Gasteiger partial charge >= 0.3 is 0 Å². The van der Waals surface area contributed by atoms with Gasteiger partial charge in [0.05, 0.1) is 17.8 Å². The number of carbonyl (C=O) groups excluding carboxylic acids is 2. The number of carbonyl (C=O) groups is 2. The van der Waals surface area contributed by atoms with Crippen LogP contribution in [0.4, 0.5) is 5.82 Å². The Balaban J connectivity index is 2.38. The molecular formula is C10H14N4O2. The summed E-state index contributed by atoms with van der Waals surface area (Å²) >= 11 is 0. The first-order valence-corrected chi connectivity index (χ1v) is 5.14. The number of nitrogens with one attached hydrogen (secondary N) is 1. The molecule has 0 aromatic carbocycles. The number of amides is 1. The van der Waals surface area contributed by atoms with E-state index in [0.29, 0.717) is 24.3 Å². The Bertz CT molecular complexity index is 438. The van der Waals surface area contributed by atoms with E-state index < -0.39 is 0 Å². The molecule has 2 rings (SSSR count). The summed E-state index contributed by atoms with van der Waals surface area (Å²) in [6, 6.07) is 0. The van der Waals surface area contributed by atoms with Crippen LogP contribution in [0.3, 0.4) is 0 Å². The molecule has 1 amide bonds. The molecule has 1 N–H and O–H groups in total. The van der Waals surface area contributed by atoms with Crippen LogP contribution in [0.15, 0.2) is 0 Å². The number of aromatic nitrogens is 2. The Kier molecular flexibility index (Phi) is 2.64. The Morgan fingerprint density at radius 3 is 2.88 bits per heavy atom. The fraction of sp³-hybridized carbons (Fsp3) is 0.500. The molecule has 0 bridgehead atoms. The number of aryl methyl sites for hydroxylation is 2. The normalized spacial score (nSPS) is 16.1. The third-order valence-electron chi connectivity index (χ3n) is 2.69. The van der Waals surface area contributed by atoms with Crippen molar-refractivity contribution < 1.29 is 9.59 Å². The molecule has 1 saturated heterocycles. The molecule has 6 heteroatoms. The molecule has 0 aliphatic carbocycles. The smallest absolute Gasteiger partial charge is 0.239 e. The quantitative estimate of drug-likeness (QED) is 0.683. The van der Waals surface area contributed by atoms with E-state index in [0.717, 1.165) is 12.1 Å². The van der Waals surface area contributed by atoms with Crippen molar-refractivity contribution in [2.75, 3.05) is 24.5 Å². The highest BCUT2D eigenvalue weighted by molar-refractivity contribution is 5.88. The molecule has 0 radical (unpaired) electrons. The van der Waals surface area contributed by atoms with Gasteiger partial charge in [0.25, 0.3) is 0 Å². The summed E-state index contributed by atoms with van der Waals surface area (Å²) in [5, 5.41) is 6.94. The van der Waals surface area contributed by atoms with E-state index in [4.69, 9.17) is 0 Å². The van der Waals surface area contributed by atoms with Crippen molar-refractivity contribution in [1.29, 1.82) is 0 Å². The van der Waals surface area contributed by atoms with E-state index >= 15 is 0 Å².